The number of aliphatic imine (C=N–C) groups is 1. The summed E-state index contributed by atoms with van der Waals surface area (Å²) in [5.41, 5.74) is 2.62. The second-order valence-electron chi connectivity index (χ2n) is 7.38. The number of halogens is 1. The Balaban J connectivity index is 1.63. The Hall–Kier alpha value is -2.60. The molecule has 5 nitrogen and oxygen atoms in total. The topological polar surface area (TPSA) is 51.1 Å². The maximum absolute atomic E-state index is 14.6. The van der Waals surface area contributed by atoms with E-state index in [4.69, 9.17) is 0 Å². The average Bonchev–Trinajstić information content (AvgIpc) is 2.69. The van der Waals surface area contributed by atoms with Gasteiger partial charge in [-0.2, -0.15) is 0 Å². The Bertz CT molecular complexity index is 786. The lowest BCUT2D eigenvalue weighted by molar-refractivity contribution is 0.145. The fourth-order valence-corrected chi connectivity index (χ4v) is 3.31. The van der Waals surface area contributed by atoms with Crippen LogP contribution in [0.4, 0.5) is 10.1 Å². The molecule has 0 bridgehead atoms. The molecule has 2 aromatic rings. The second-order valence-corrected chi connectivity index (χ2v) is 7.38. The summed E-state index contributed by atoms with van der Waals surface area (Å²) in [5.74, 6) is 0.533. The summed E-state index contributed by atoms with van der Waals surface area (Å²) in [5, 5.41) is 13.0. The number of benzene rings is 2. The maximum Gasteiger partial charge on any atom is 0.194 e. The molecule has 3 rings (SSSR count). The molecule has 1 heterocycles. The first-order chi connectivity index (χ1) is 13.5. The molecule has 0 spiro atoms. The number of rotatable bonds is 5. The van der Waals surface area contributed by atoms with E-state index >= 15 is 0 Å². The number of aliphatic hydroxyl groups excluding tert-OH is 1. The van der Waals surface area contributed by atoms with Crippen molar-refractivity contribution < 1.29 is 9.50 Å². The van der Waals surface area contributed by atoms with Crippen molar-refractivity contribution in [2.45, 2.75) is 32.0 Å². The number of aliphatic hydroxyl groups is 1. The van der Waals surface area contributed by atoms with Crippen LogP contribution in [-0.2, 0) is 13.1 Å². The third-order valence-corrected chi connectivity index (χ3v) is 4.95. The van der Waals surface area contributed by atoms with Gasteiger partial charge in [0.2, 0.25) is 0 Å². The summed E-state index contributed by atoms with van der Waals surface area (Å²) >= 11 is 0. The number of anilines is 1. The molecule has 0 atom stereocenters. The van der Waals surface area contributed by atoms with Gasteiger partial charge in [-0.05, 0) is 36.1 Å². The molecule has 0 saturated carbocycles. The molecule has 0 amide bonds. The highest BCUT2D eigenvalue weighted by molar-refractivity contribution is 5.79. The minimum Gasteiger partial charge on any atom is -0.393 e. The summed E-state index contributed by atoms with van der Waals surface area (Å²) < 4.78 is 14.6. The summed E-state index contributed by atoms with van der Waals surface area (Å²) in [6.45, 7) is 2.46. The van der Waals surface area contributed by atoms with Gasteiger partial charge < -0.3 is 20.2 Å². The van der Waals surface area contributed by atoms with Crippen molar-refractivity contribution in [1.82, 2.24) is 10.2 Å². The summed E-state index contributed by atoms with van der Waals surface area (Å²) in [6, 6.07) is 15.5. The lowest BCUT2D eigenvalue weighted by atomic mass is 10.1. The number of guanidine groups is 1. The van der Waals surface area contributed by atoms with E-state index in [1.165, 1.54) is 5.56 Å². The molecule has 2 aromatic carbocycles. The number of nitrogens with zero attached hydrogens (tertiary/aromatic N) is 3. The molecule has 1 saturated heterocycles. The number of hydrogen-bond acceptors (Lipinski definition) is 3. The van der Waals surface area contributed by atoms with Crippen molar-refractivity contribution in [3.8, 4) is 0 Å². The summed E-state index contributed by atoms with van der Waals surface area (Å²) in [7, 11) is 3.87. The quantitative estimate of drug-likeness (QED) is 0.615. The highest BCUT2D eigenvalue weighted by Gasteiger charge is 2.19. The van der Waals surface area contributed by atoms with E-state index in [-0.39, 0.29) is 11.9 Å². The number of piperidine rings is 1. The van der Waals surface area contributed by atoms with Gasteiger partial charge in [-0.3, -0.25) is 0 Å². The van der Waals surface area contributed by atoms with Crippen LogP contribution < -0.4 is 10.2 Å². The lowest BCUT2D eigenvalue weighted by Crippen LogP contribution is -2.36. The van der Waals surface area contributed by atoms with Crippen LogP contribution in [0.3, 0.4) is 0 Å². The lowest BCUT2D eigenvalue weighted by Gasteiger charge is -2.31. The first-order valence-electron chi connectivity index (χ1n) is 9.74. The van der Waals surface area contributed by atoms with Crippen LogP contribution in [0.5, 0.6) is 0 Å². The Kier molecular flexibility index (Phi) is 6.87. The van der Waals surface area contributed by atoms with Crippen molar-refractivity contribution >= 4 is 11.6 Å². The van der Waals surface area contributed by atoms with Crippen molar-refractivity contribution in [2.24, 2.45) is 4.99 Å². The molecule has 0 aromatic heterocycles. The van der Waals surface area contributed by atoms with Gasteiger partial charge in [0.05, 0.1) is 18.3 Å². The van der Waals surface area contributed by atoms with Crippen LogP contribution in [0.25, 0.3) is 0 Å². The van der Waals surface area contributed by atoms with Gasteiger partial charge >= 0.3 is 0 Å². The van der Waals surface area contributed by atoms with E-state index in [9.17, 15) is 9.50 Å². The van der Waals surface area contributed by atoms with Gasteiger partial charge in [0, 0.05) is 33.7 Å². The van der Waals surface area contributed by atoms with Crippen molar-refractivity contribution in [3.05, 3.63) is 65.5 Å². The van der Waals surface area contributed by atoms with Crippen molar-refractivity contribution in [3.63, 3.8) is 0 Å². The molecule has 2 N–H and O–H groups in total. The van der Waals surface area contributed by atoms with E-state index in [0.717, 1.165) is 11.5 Å². The summed E-state index contributed by atoms with van der Waals surface area (Å²) in [4.78, 5) is 8.54. The summed E-state index contributed by atoms with van der Waals surface area (Å²) in [6.07, 6.45) is 1.11. The number of hydrogen-bond donors (Lipinski definition) is 2. The fourth-order valence-electron chi connectivity index (χ4n) is 3.31. The largest absolute Gasteiger partial charge is 0.393 e. The third-order valence-electron chi connectivity index (χ3n) is 4.95. The van der Waals surface area contributed by atoms with E-state index in [1.54, 1.807) is 6.07 Å². The molecule has 28 heavy (non-hydrogen) atoms. The van der Waals surface area contributed by atoms with E-state index in [1.807, 2.05) is 54.2 Å². The third kappa shape index (κ3) is 5.45. The van der Waals surface area contributed by atoms with Gasteiger partial charge in [0.15, 0.2) is 5.96 Å². The Labute approximate surface area is 166 Å². The minimum atomic E-state index is -0.263. The van der Waals surface area contributed by atoms with Crippen LogP contribution in [0, 0.1) is 5.82 Å². The molecule has 6 heteroatoms. The zero-order valence-electron chi connectivity index (χ0n) is 16.6. The first kappa shape index (κ1) is 20.1. The van der Waals surface area contributed by atoms with Crippen LogP contribution in [0.1, 0.15) is 24.0 Å². The molecular formula is C22H29FN4O. The highest BCUT2D eigenvalue weighted by Crippen LogP contribution is 2.24. The van der Waals surface area contributed by atoms with E-state index in [2.05, 4.69) is 22.4 Å². The predicted molar refractivity (Wildman–Crippen MR) is 112 cm³/mol. The Morgan fingerprint density at radius 1 is 1.14 bits per heavy atom. The van der Waals surface area contributed by atoms with Crippen LogP contribution in [0.15, 0.2) is 53.5 Å². The van der Waals surface area contributed by atoms with Crippen LogP contribution in [0.2, 0.25) is 0 Å². The predicted octanol–water partition coefficient (Wildman–Crippen LogP) is 2.99. The maximum atomic E-state index is 14.6. The molecular weight excluding hydrogens is 355 g/mol. The van der Waals surface area contributed by atoms with Gasteiger partial charge in [0.1, 0.15) is 5.82 Å². The van der Waals surface area contributed by atoms with Gasteiger partial charge in [-0.15, -0.1) is 0 Å². The van der Waals surface area contributed by atoms with Gasteiger partial charge in [0.25, 0.3) is 0 Å². The van der Waals surface area contributed by atoms with E-state index < -0.39 is 0 Å². The van der Waals surface area contributed by atoms with E-state index in [0.29, 0.717) is 44.7 Å². The first-order valence-corrected chi connectivity index (χ1v) is 9.74. The zero-order valence-corrected chi connectivity index (χ0v) is 16.6. The highest BCUT2D eigenvalue weighted by atomic mass is 19.1. The van der Waals surface area contributed by atoms with Crippen molar-refractivity contribution in [1.29, 1.82) is 0 Å². The van der Waals surface area contributed by atoms with Crippen LogP contribution in [-0.4, -0.2) is 49.3 Å². The molecule has 1 aliphatic heterocycles. The molecule has 150 valence electrons. The fraction of sp³-hybridized carbons (Fsp3) is 0.409. The van der Waals surface area contributed by atoms with Gasteiger partial charge in [-0.1, -0.05) is 36.4 Å². The molecule has 0 radical (unpaired) electrons. The second kappa shape index (κ2) is 9.55. The zero-order chi connectivity index (χ0) is 19.9. The average molecular weight is 384 g/mol. The molecule has 0 aliphatic carbocycles. The Morgan fingerprint density at radius 3 is 2.50 bits per heavy atom. The molecule has 1 fully saturated rings. The molecule has 0 unspecified atom stereocenters. The van der Waals surface area contributed by atoms with Crippen molar-refractivity contribution in [2.75, 3.05) is 32.1 Å². The standard InChI is InChI=1S/C22H29FN4O/c1-26(2)22(24-15-17-6-4-3-5-7-17)25-16-18-8-9-21(20(23)14-18)27-12-10-19(28)11-13-27/h3-9,14,19,28H,10-13,15-16H2,1-2H3,(H,24,25). The Morgan fingerprint density at radius 2 is 1.86 bits per heavy atom. The van der Waals surface area contributed by atoms with Crippen LogP contribution >= 0.6 is 0 Å². The smallest absolute Gasteiger partial charge is 0.194 e. The van der Waals surface area contributed by atoms with Gasteiger partial charge in [-0.25, -0.2) is 9.38 Å². The number of nitrogens with one attached hydrogen (secondary N) is 1. The monoisotopic (exact) mass is 384 g/mol. The normalized spacial score (nSPS) is 15.6. The molecule has 1 aliphatic rings. The SMILES string of the molecule is CN(C)C(=NCc1ccc(N2CCC(O)CC2)c(F)c1)NCc1ccccc1. The minimum absolute atomic E-state index is 0.229.